The zero-order chi connectivity index (χ0) is 17.7. The standard InChI is InChI=1S/C18H25NO5/c1-12(2)13-5-7-14(8-6-13)24-11-17(20)19-10-15(22-3)9-16(19)18(21)23-4/h5-8,12,15-16H,9-11H2,1-4H3/t15-,16-/m1/s1. The number of benzene rings is 1. The molecule has 24 heavy (non-hydrogen) atoms. The van der Waals surface area contributed by atoms with Crippen molar-refractivity contribution in [1.29, 1.82) is 0 Å². The first-order valence-electron chi connectivity index (χ1n) is 8.09. The Morgan fingerprint density at radius 3 is 2.42 bits per heavy atom. The van der Waals surface area contributed by atoms with Gasteiger partial charge in [-0.2, -0.15) is 0 Å². The lowest BCUT2D eigenvalue weighted by Gasteiger charge is -2.22. The normalized spacial score (nSPS) is 20.3. The lowest BCUT2D eigenvalue weighted by atomic mass is 10.0. The second-order valence-corrected chi connectivity index (χ2v) is 6.19. The molecule has 0 saturated carbocycles. The van der Waals surface area contributed by atoms with E-state index in [1.54, 1.807) is 7.11 Å². The Morgan fingerprint density at radius 2 is 1.88 bits per heavy atom. The first kappa shape index (κ1) is 18.3. The van der Waals surface area contributed by atoms with Crippen molar-refractivity contribution in [2.45, 2.75) is 38.3 Å². The highest BCUT2D eigenvalue weighted by Crippen LogP contribution is 2.22. The molecule has 0 unspecified atom stereocenters. The third kappa shape index (κ3) is 4.26. The van der Waals surface area contributed by atoms with E-state index in [1.165, 1.54) is 17.6 Å². The van der Waals surface area contributed by atoms with Crippen molar-refractivity contribution in [3.8, 4) is 5.75 Å². The molecule has 0 spiro atoms. The molecule has 1 heterocycles. The van der Waals surface area contributed by atoms with Crippen LogP contribution in [0.5, 0.6) is 5.75 Å². The first-order chi connectivity index (χ1) is 11.5. The van der Waals surface area contributed by atoms with Gasteiger partial charge in [0.25, 0.3) is 5.91 Å². The molecule has 2 rings (SSSR count). The van der Waals surface area contributed by atoms with E-state index in [4.69, 9.17) is 14.2 Å². The van der Waals surface area contributed by atoms with Crippen LogP contribution in [0.3, 0.4) is 0 Å². The van der Waals surface area contributed by atoms with Crippen LogP contribution in [-0.2, 0) is 19.1 Å². The average Bonchev–Trinajstić information content (AvgIpc) is 3.03. The highest BCUT2D eigenvalue weighted by Gasteiger charge is 2.40. The summed E-state index contributed by atoms with van der Waals surface area (Å²) < 4.78 is 15.6. The lowest BCUT2D eigenvalue weighted by molar-refractivity contribution is -0.151. The molecule has 1 aliphatic heterocycles. The van der Waals surface area contributed by atoms with Gasteiger partial charge in [0.05, 0.1) is 13.2 Å². The minimum atomic E-state index is -0.612. The van der Waals surface area contributed by atoms with Crippen LogP contribution in [0.25, 0.3) is 0 Å². The molecule has 1 aromatic carbocycles. The van der Waals surface area contributed by atoms with Gasteiger partial charge in [0.1, 0.15) is 11.8 Å². The van der Waals surface area contributed by atoms with Crippen LogP contribution in [-0.4, -0.2) is 56.3 Å². The van der Waals surface area contributed by atoms with Crippen molar-refractivity contribution >= 4 is 11.9 Å². The van der Waals surface area contributed by atoms with Crippen molar-refractivity contribution in [3.05, 3.63) is 29.8 Å². The second kappa shape index (κ2) is 8.15. The molecule has 1 fully saturated rings. The Bertz CT molecular complexity index is 569. The van der Waals surface area contributed by atoms with E-state index in [0.29, 0.717) is 24.6 Å². The minimum absolute atomic E-state index is 0.120. The molecule has 132 valence electrons. The van der Waals surface area contributed by atoms with E-state index in [2.05, 4.69) is 13.8 Å². The quantitative estimate of drug-likeness (QED) is 0.744. The zero-order valence-corrected chi connectivity index (χ0v) is 14.7. The monoisotopic (exact) mass is 335 g/mol. The summed E-state index contributed by atoms with van der Waals surface area (Å²) in [5.74, 6) is 0.393. The van der Waals surface area contributed by atoms with Crippen LogP contribution in [0.4, 0.5) is 0 Å². The topological polar surface area (TPSA) is 65.1 Å². The highest BCUT2D eigenvalue weighted by atomic mass is 16.5. The van der Waals surface area contributed by atoms with Crippen LogP contribution in [0.15, 0.2) is 24.3 Å². The van der Waals surface area contributed by atoms with E-state index >= 15 is 0 Å². The second-order valence-electron chi connectivity index (χ2n) is 6.19. The molecular weight excluding hydrogens is 310 g/mol. The number of carbonyl (C=O) groups is 2. The Labute approximate surface area is 142 Å². The molecule has 6 heteroatoms. The summed E-state index contributed by atoms with van der Waals surface area (Å²) in [5, 5.41) is 0. The number of rotatable bonds is 6. The smallest absolute Gasteiger partial charge is 0.328 e. The van der Waals surface area contributed by atoms with E-state index in [0.717, 1.165) is 0 Å². The van der Waals surface area contributed by atoms with Crippen molar-refractivity contribution in [3.63, 3.8) is 0 Å². The minimum Gasteiger partial charge on any atom is -0.484 e. The number of amides is 1. The molecular formula is C18H25NO5. The van der Waals surface area contributed by atoms with Gasteiger partial charge in [-0.05, 0) is 23.6 Å². The molecule has 6 nitrogen and oxygen atoms in total. The number of hydrogen-bond donors (Lipinski definition) is 0. The fraction of sp³-hybridized carbons (Fsp3) is 0.556. The molecule has 0 aromatic heterocycles. The summed E-state index contributed by atoms with van der Waals surface area (Å²) in [7, 11) is 2.89. The maximum absolute atomic E-state index is 12.4. The Morgan fingerprint density at radius 1 is 1.21 bits per heavy atom. The van der Waals surface area contributed by atoms with Gasteiger partial charge in [-0.25, -0.2) is 4.79 Å². The largest absolute Gasteiger partial charge is 0.484 e. The summed E-state index contributed by atoms with van der Waals surface area (Å²) in [6, 6.07) is 7.06. The molecule has 2 atom stereocenters. The Kier molecular flexibility index (Phi) is 6.20. The van der Waals surface area contributed by atoms with Gasteiger partial charge < -0.3 is 19.1 Å². The van der Waals surface area contributed by atoms with Crippen LogP contribution in [0.2, 0.25) is 0 Å². The van der Waals surface area contributed by atoms with Crippen LogP contribution in [0.1, 0.15) is 31.7 Å². The highest BCUT2D eigenvalue weighted by molar-refractivity contribution is 5.86. The lowest BCUT2D eigenvalue weighted by Crippen LogP contribution is -2.43. The zero-order valence-electron chi connectivity index (χ0n) is 14.7. The Balaban J connectivity index is 1.96. The molecule has 0 N–H and O–H groups in total. The predicted octanol–water partition coefficient (Wildman–Crippen LogP) is 1.98. The number of hydrogen-bond acceptors (Lipinski definition) is 5. The van der Waals surface area contributed by atoms with Crippen molar-refractivity contribution < 1.29 is 23.8 Å². The fourth-order valence-electron chi connectivity index (χ4n) is 2.78. The van der Waals surface area contributed by atoms with E-state index in [1.807, 2.05) is 24.3 Å². The van der Waals surface area contributed by atoms with E-state index in [9.17, 15) is 9.59 Å². The fourth-order valence-corrected chi connectivity index (χ4v) is 2.78. The molecule has 1 amide bonds. The van der Waals surface area contributed by atoms with Gasteiger partial charge in [-0.3, -0.25) is 4.79 Å². The van der Waals surface area contributed by atoms with Gasteiger partial charge >= 0.3 is 5.97 Å². The summed E-state index contributed by atoms with van der Waals surface area (Å²) in [6.45, 7) is 4.48. The van der Waals surface area contributed by atoms with Gasteiger partial charge in [0.2, 0.25) is 0 Å². The summed E-state index contributed by atoms with van der Waals surface area (Å²) in [4.78, 5) is 25.8. The number of ether oxygens (including phenoxy) is 3. The van der Waals surface area contributed by atoms with Crippen LogP contribution >= 0.6 is 0 Å². The summed E-state index contributed by atoms with van der Waals surface area (Å²) >= 11 is 0. The number of methoxy groups -OCH3 is 2. The third-order valence-electron chi connectivity index (χ3n) is 4.30. The maximum atomic E-state index is 12.4. The van der Waals surface area contributed by atoms with E-state index in [-0.39, 0.29) is 18.6 Å². The first-order valence-corrected chi connectivity index (χ1v) is 8.09. The Hall–Kier alpha value is -2.08. The number of carbonyl (C=O) groups excluding carboxylic acids is 2. The number of likely N-dealkylation sites (tertiary alicyclic amines) is 1. The van der Waals surface area contributed by atoms with Crippen molar-refractivity contribution in [1.82, 2.24) is 4.90 Å². The molecule has 1 saturated heterocycles. The molecule has 1 aliphatic rings. The van der Waals surface area contributed by atoms with Crippen LogP contribution < -0.4 is 4.74 Å². The van der Waals surface area contributed by atoms with Crippen LogP contribution in [0, 0.1) is 0 Å². The van der Waals surface area contributed by atoms with Gasteiger partial charge in [-0.15, -0.1) is 0 Å². The predicted molar refractivity (Wildman–Crippen MR) is 89.0 cm³/mol. The maximum Gasteiger partial charge on any atom is 0.328 e. The third-order valence-corrected chi connectivity index (χ3v) is 4.30. The molecule has 0 bridgehead atoms. The SMILES string of the molecule is COC(=O)[C@H]1C[C@@H](OC)CN1C(=O)COc1ccc(C(C)C)cc1. The number of nitrogens with zero attached hydrogens (tertiary/aromatic N) is 1. The van der Waals surface area contributed by atoms with Gasteiger partial charge in [0, 0.05) is 20.1 Å². The van der Waals surface area contributed by atoms with Gasteiger partial charge in [0.15, 0.2) is 6.61 Å². The molecule has 0 radical (unpaired) electrons. The van der Waals surface area contributed by atoms with Crippen molar-refractivity contribution in [2.75, 3.05) is 27.4 Å². The summed E-state index contributed by atoms with van der Waals surface area (Å²) in [6.07, 6.45) is 0.279. The average molecular weight is 335 g/mol. The molecule has 0 aliphatic carbocycles. The summed E-state index contributed by atoms with van der Waals surface area (Å²) in [5.41, 5.74) is 1.21. The number of esters is 1. The molecule has 1 aromatic rings. The van der Waals surface area contributed by atoms with Crippen molar-refractivity contribution in [2.24, 2.45) is 0 Å². The van der Waals surface area contributed by atoms with Gasteiger partial charge in [-0.1, -0.05) is 26.0 Å². The van der Waals surface area contributed by atoms with E-state index < -0.39 is 12.0 Å².